The maximum atomic E-state index is 13.2. The molecule has 3 aromatic rings. The van der Waals surface area contributed by atoms with E-state index < -0.39 is 4.87 Å². The van der Waals surface area contributed by atoms with Crippen LogP contribution in [0.15, 0.2) is 47.4 Å². The van der Waals surface area contributed by atoms with Crippen LogP contribution in [0.25, 0.3) is 10.2 Å². The van der Waals surface area contributed by atoms with Crippen molar-refractivity contribution in [3.05, 3.63) is 48.0 Å². The van der Waals surface area contributed by atoms with Crippen molar-refractivity contribution in [3.8, 4) is 0 Å². The van der Waals surface area contributed by atoms with Gasteiger partial charge in [-0.1, -0.05) is 47.4 Å². The predicted molar refractivity (Wildman–Crippen MR) is 105 cm³/mol. The molecule has 5 rings (SSSR count). The van der Waals surface area contributed by atoms with Gasteiger partial charge in [0.25, 0.3) is 5.91 Å². The second-order valence-corrected chi connectivity index (χ2v) is 8.83. The topological polar surface area (TPSA) is 62.3 Å². The molecule has 1 aromatic heterocycles. The Balaban J connectivity index is 1.51. The molecule has 5 nitrogen and oxygen atoms in total. The molecular formula is C19H15N3O2S2. The Morgan fingerprint density at radius 2 is 2.08 bits per heavy atom. The fourth-order valence-electron chi connectivity index (χ4n) is 3.63. The number of anilines is 2. The predicted octanol–water partition coefficient (Wildman–Crippen LogP) is 4.17. The first kappa shape index (κ1) is 15.8. The minimum absolute atomic E-state index is 0.00209. The van der Waals surface area contributed by atoms with Gasteiger partial charge in [0.15, 0.2) is 10.0 Å². The van der Waals surface area contributed by atoms with E-state index >= 15 is 0 Å². The second kappa shape index (κ2) is 5.56. The largest absolute Gasteiger partial charge is 0.299 e. The summed E-state index contributed by atoms with van der Waals surface area (Å²) in [6.45, 7) is 2.01. The van der Waals surface area contributed by atoms with Gasteiger partial charge in [-0.15, -0.1) is 0 Å². The fourth-order valence-corrected chi connectivity index (χ4v) is 5.99. The lowest BCUT2D eigenvalue weighted by atomic mass is 10.2. The van der Waals surface area contributed by atoms with Gasteiger partial charge in [-0.3, -0.25) is 19.8 Å². The summed E-state index contributed by atoms with van der Waals surface area (Å²) < 4.78 is 1.04. The molecule has 2 aromatic carbocycles. The first-order valence-corrected chi connectivity index (χ1v) is 10.0. The molecule has 3 heterocycles. The van der Waals surface area contributed by atoms with Gasteiger partial charge in [0.2, 0.25) is 5.91 Å². The van der Waals surface area contributed by atoms with Crippen molar-refractivity contribution >= 4 is 55.9 Å². The van der Waals surface area contributed by atoms with Gasteiger partial charge in [0.05, 0.1) is 15.9 Å². The number of fused-ring (bicyclic) bond motifs is 4. The van der Waals surface area contributed by atoms with Crippen LogP contribution in [0.1, 0.15) is 18.4 Å². The number of carbonyl (C=O) groups is 2. The Morgan fingerprint density at radius 3 is 2.92 bits per heavy atom. The first-order chi connectivity index (χ1) is 12.6. The molecule has 0 bridgehead atoms. The summed E-state index contributed by atoms with van der Waals surface area (Å²) in [5.41, 5.74) is 2.82. The van der Waals surface area contributed by atoms with Gasteiger partial charge in [-0.25, -0.2) is 4.98 Å². The Hall–Kier alpha value is -2.38. The van der Waals surface area contributed by atoms with Crippen molar-refractivity contribution in [2.45, 2.75) is 29.5 Å². The molecule has 2 amide bonds. The molecule has 2 aliphatic heterocycles. The molecule has 130 valence electrons. The number of thioether (sulfide) groups is 1. The van der Waals surface area contributed by atoms with E-state index in [1.54, 1.807) is 4.90 Å². The number of hydrogen-bond donors (Lipinski definition) is 1. The third kappa shape index (κ3) is 2.13. The number of rotatable bonds is 2. The van der Waals surface area contributed by atoms with Crippen LogP contribution < -0.4 is 10.2 Å². The lowest BCUT2D eigenvalue weighted by Crippen LogP contribution is -2.49. The molecule has 0 saturated carbocycles. The monoisotopic (exact) mass is 381 g/mol. The molecule has 1 N–H and O–H groups in total. The van der Waals surface area contributed by atoms with Gasteiger partial charge < -0.3 is 0 Å². The number of benzene rings is 2. The highest BCUT2D eigenvalue weighted by atomic mass is 32.2. The van der Waals surface area contributed by atoms with E-state index in [1.807, 2.05) is 49.4 Å². The molecule has 1 atom stereocenters. The van der Waals surface area contributed by atoms with Crippen LogP contribution in [-0.4, -0.2) is 21.7 Å². The number of para-hydroxylation sites is 2. The lowest BCUT2D eigenvalue weighted by Gasteiger charge is -2.29. The van der Waals surface area contributed by atoms with Crippen molar-refractivity contribution in [2.24, 2.45) is 0 Å². The Morgan fingerprint density at radius 1 is 1.23 bits per heavy atom. The number of nitrogens with one attached hydrogen (secondary N) is 1. The third-order valence-electron chi connectivity index (χ3n) is 4.87. The average molecular weight is 381 g/mol. The van der Waals surface area contributed by atoms with Crippen LogP contribution in [0.2, 0.25) is 0 Å². The summed E-state index contributed by atoms with van der Waals surface area (Å²) in [6, 6.07) is 13.7. The molecule has 1 fully saturated rings. The van der Waals surface area contributed by atoms with Crippen molar-refractivity contribution in [1.82, 2.24) is 4.98 Å². The first-order valence-electron chi connectivity index (χ1n) is 8.37. The molecule has 0 spiro atoms. The van der Waals surface area contributed by atoms with E-state index in [4.69, 9.17) is 0 Å². The third-order valence-corrected chi connectivity index (χ3v) is 7.28. The molecule has 0 unspecified atom stereocenters. The van der Waals surface area contributed by atoms with Crippen LogP contribution in [0.3, 0.4) is 0 Å². The summed E-state index contributed by atoms with van der Waals surface area (Å²) in [5.74, 6) is -0.181. The Bertz CT molecular complexity index is 1080. The zero-order valence-corrected chi connectivity index (χ0v) is 15.6. The number of carbonyl (C=O) groups excluding carboxylic acids is 2. The number of aromatic nitrogens is 1. The Kier molecular flexibility index (Phi) is 3.39. The molecule has 2 aliphatic rings. The summed E-state index contributed by atoms with van der Waals surface area (Å²) in [6.07, 6.45) is 0.884. The SMILES string of the molecule is Cc1cccc2sc(NC(=O)[C@]34CCC(=O)N3c3ccccc3S4)nc12. The van der Waals surface area contributed by atoms with Gasteiger partial charge in [-0.2, -0.15) is 0 Å². The van der Waals surface area contributed by atoms with Crippen LogP contribution in [0, 0.1) is 6.92 Å². The number of hydrogen-bond acceptors (Lipinski definition) is 5. The summed E-state index contributed by atoms with van der Waals surface area (Å²) in [7, 11) is 0. The van der Waals surface area contributed by atoms with Crippen molar-refractivity contribution in [1.29, 1.82) is 0 Å². The van der Waals surface area contributed by atoms with E-state index in [1.165, 1.54) is 23.1 Å². The van der Waals surface area contributed by atoms with E-state index in [-0.39, 0.29) is 11.8 Å². The van der Waals surface area contributed by atoms with Crippen molar-refractivity contribution < 1.29 is 9.59 Å². The van der Waals surface area contributed by atoms with E-state index in [2.05, 4.69) is 10.3 Å². The zero-order chi connectivity index (χ0) is 17.9. The molecular weight excluding hydrogens is 366 g/mol. The lowest BCUT2D eigenvalue weighted by molar-refractivity contribution is -0.121. The normalized spacial score (nSPS) is 21.1. The van der Waals surface area contributed by atoms with E-state index in [0.717, 1.165) is 26.4 Å². The van der Waals surface area contributed by atoms with Crippen molar-refractivity contribution in [2.75, 3.05) is 10.2 Å². The standard InChI is InChI=1S/C19H15N3O2S2/c1-11-5-4-8-14-16(11)20-18(25-14)21-17(24)19-10-9-15(23)22(19)12-6-2-3-7-13(12)26-19/h2-8H,9-10H2,1H3,(H,20,21,24)/t19-/m1/s1. The van der Waals surface area contributed by atoms with Crippen LogP contribution in [0.4, 0.5) is 10.8 Å². The second-order valence-electron chi connectivity index (χ2n) is 6.48. The average Bonchev–Trinajstić information content (AvgIpc) is 3.28. The van der Waals surface area contributed by atoms with Crippen LogP contribution >= 0.6 is 23.1 Å². The van der Waals surface area contributed by atoms with Gasteiger partial charge in [0, 0.05) is 11.3 Å². The smallest absolute Gasteiger partial charge is 0.263 e. The summed E-state index contributed by atoms with van der Waals surface area (Å²) in [4.78, 5) is 32.0. The fraction of sp³-hybridized carbons (Fsp3) is 0.211. The molecule has 26 heavy (non-hydrogen) atoms. The quantitative estimate of drug-likeness (QED) is 0.724. The Labute approximate surface area is 158 Å². The van der Waals surface area contributed by atoms with Crippen LogP contribution in [0.5, 0.6) is 0 Å². The maximum absolute atomic E-state index is 13.2. The maximum Gasteiger partial charge on any atom is 0.263 e. The minimum Gasteiger partial charge on any atom is -0.299 e. The number of thiazole rings is 1. The summed E-state index contributed by atoms with van der Waals surface area (Å²) in [5, 5.41) is 3.55. The van der Waals surface area contributed by atoms with Gasteiger partial charge in [0.1, 0.15) is 0 Å². The highest BCUT2D eigenvalue weighted by Gasteiger charge is 2.57. The number of nitrogens with zero attached hydrogens (tertiary/aromatic N) is 2. The number of amides is 2. The van der Waals surface area contributed by atoms with Crippen LogP contribution in [-0.2, 0) is 9.59 Å². The molecule has 0 radical (unpaired) electrons. The molecule has 0 aliphatic carbocycles. The van der Waals surface area contributed by atoms with E-state index in [0.29, 0.717) is 18.0 Å². The molecule has 7 heteroatoms. The van der Waals surface area contributed by atoms with E-state index in [9.17, 15) is 9.59 Å². The number of aryl methyl sites for hydroxylation is 1. The van der Waals surface area contributed by atoms with Gasteiger partial charge in [-0.05, 0) is 37.1 Å². The highest BCUT2D eigenvalue weighted by Crippen LogP contribution is 2.56. The van der Waals surface area contributed by atoms with Gasteiger partial charge >= 0.3 is 0 Å². The van der Waals surface area contributed by atoms with Crippen molar-refractivity contribution in [3.63, 3.8) is 0 Å². The summed E-state index contributed by atoms with van der Waals surface area (Å²) >= 11 is 2.92. The highest BCUT2D eigenvalue weighted by molar-refractivity contribution is 8.02. The zero-order valence-electron chi connectivity index (χ0n) is 14.0. The minimum atomic E-state index is -0.909. The molecule has 1 saturated heterocycles.